The number of likely N-dealkylation sites (N-methyl/N-ethyl adjacent to an activating group) is 1. The first kappa shape index (κ1) is 17.2. The third-order valence-electron chi connectivity index (χ3n) is 5.33. The first-order valence-electron chi connectivity index (χ1n) is 8.83. The van der Waals surface area contributed by atoms with E-state index in [0.717, 1.165) is 16.0 Å². The average molecular weight is 370 g/mol. The van der Waals surface area contributed by atoms with E-state index in [4.69, 9.17) is 4.74 Å². The number of carbonyl (C=O) groups excluding carboxylic acids is 2. The lowest BCUT2D eigenvalue weighted by Crippen LogP contribution is -2.45. The molecule has 2 aliphatic heterocycles. The second kappa shape index (κ2) is 6.52. The first-order valence-corrected chi connectivity index (χ1v) is 9.71. The minimum atomic E-state index is -0.555. The molecule has 0 aliphatic carbocycles. The lowest BCUT2D eigenvalue weighted by Gasteiger charge is -2.39. The van der Waals surface area contributed by atoms with Crippen LogP contribution in [0, 0.1) is 0 Å². The zero-order valence-corrected chi connectivity index (χ0v) is 15.8. The van der Waals surface area contributed by atoms with Gasteiger partial charge < -0.3 is 14.5 Å². The molecule has 1 aromatic heterocycles. The van der Waals surface area contributed by atoms with E-state index in [9.17, 15) is 9.59 Å². The van der Waals surface area contributed by atoms with E-state index >= 15 is 0 Å². The fraction of sp³-hybridized carbons (Fsp3) is 0.400. The number of benzene rings is 1. The Bertz CT molecular complexity index is 823. The summed E-state index contributed by atoms with van der Waals surface area (Å²) in [7, 11) is 3.50. The summed E-state index contributed by atoms with van der Waals surface area (Å²) >= 11 is 1.47. The number of likely N-dealkylation sites (tertiary alicyclic amines) is 1. The molecule has 26 heavy (non-hydrogen) atoms. The Hall–Kier alpha value is -2.18. The maximum absolute atomic E-state index is 12.6. The van der Waals surface area contributed by atoms with Crippen molar-refractivity contribution < 1.29 is 14.3 Å². The molecular weight excluding hydrogens is 348 g/mol. The molecule has 1 spiro atoms. The summed E-state index contributed by atoms with van der Waals surface area (Å²) in [5.74, 6) is 0.0495. The van der Waals surface area contributed by atoms with Gasteiger partial charge in [0.1, 0.15) is 0 Å². The van der Waals surface area contributed by atoms with Gasteiger partial charge in [-0.3, -0.25) is 9.59 Å². The normalized spacial score (nSPS) is 20.8. The Balaban J connectivity index is 1.57. The minimum Gasteiger partial charge on any atom is -0.352 e. The Morgan fingerprint density at radius 3 is 2.54 bits per heavy atom. The van der Waals surface area contributed by atoms with Crippen molar-refractivity contribution in [2.45, 2.75) is 24.5 Å². The van der Waals surface area contributed by atoms with E-state index in [1.165, 1.54) is 11.3 Å². The zero-order chi connectivity index (χ0) is 18.3. The van der Waals surface area contributed by atoms with Crippen LogP contribution in [0.15, 0.2) is 41.8 Å². The maximum atomic E-state index is 12.6. The highest BCUT2D eigenvalue weighted by Gasteiger charge is 2.49. The van der Waals surface area contributed by atoms with Crippen LogP contribution in [-0.4, -0.2) is 48.8 Å². The highest BCUT2D eigenvalue weighted by atomic mass is 32.1. The molecule has 136 valence electrons. The summed E-state index contributed by atoms with van der Waals surface area (Å²) in [5.41, 5.74) is 1.59. The second-order valence-electron chi connectivity index (χ2n) is 7.08. The largest absolute Gasteiger partial charge is 0.352 e. The summed E-state index contributed by atoms with van der Waals surface area (Å²) < 4.78 is 6.38. The number of carbonyl (C=O) groups is 2. The molecule has 0 N–H and O–H groups in total. The topological polar surface area (TPSA) is 49.9 Å². The van der Waals surface area contributed by atoms with E-state index in [1.54, 1.807) is 19.0 Å². The van der Waals surface area contributed by atoms with E-state index < -0.39 is 11.7 Å². The quantitative estimate of drug-likeness (QED) is 0.816. The Kier molecular flexibility index (Phi) is 4.32. The number of hydrogen-bond acceptors (Lipinski definition) is 4. The predicted octanol–water partition coefficient (Wildman–Crippen LogP) is 3.04. The minimum absolute atomic E-state index is 0.0357. The molecule has 1 fully saturated rings. The number of piperidine rings is 1. The van der Waals surface area contributed by atoms with Gasteiger partial charge in [0, 0.05) is 27.2 Å². The van der Waals surface area contributed by atoms with Crippen LogP contribution in [0.4, 0.5) is 0 Å². The fourth-order valence-corrected chi connectivity index (χ4v) is 4.62. The lowest BCUT2D eigenvalue weighted by atomic mass is 9.83. The monoisotopic (exact) mass is 370 g/mol. The van der Waals surface area contributed by atoms with Crippen molar-refractivity contribution in [3.63, 3.8) is 0 Å². The summed E-state index contributed by atoms with van der Waals surface area (Å²) in [4.78, 5) is 29.5. The van der Waals surface area contributed by atoms with Gasteiger partial charge in [-0.1, -0.05) is 30.3 Å². The third-order valence-corrected chi connectivity index (χ3v) is 6.19. The first-order chi connectivity index (χ1) is 12.5. The molecule has 1 saturated heterocycles. The standard InChI is InChI=1S/C20H22N2O3S/c1-21(2)19(24)17-14-6-3-4-7-15(14)20(25-17)9-11-22(12-10-20)18(23)16-8-5-13-26-16/h3-8,13,17H,9-12H2,1-2H3. The van der Waals surface area contributed by atoms with Gasteiger partial charge in [0.05, 0.1) is 10.5 Å². The molecule has 1 unspecified atom stereocenters. The van der Waals surface area contributed by atoms with Crippen LogP contribution in [-0.2, 0) is 15.1 Å². The molecule has 2 aliphatic rings. The number of ether oxygens (including phenoxy) is 1. The molecule has 0 bridgehead atoms. The van der Waals surface area contributed by atoms with Crippen molar-refractivity contribution in [1.82, 2.24) is 9.80 Å². The SMILES string of the molecule is CN(C)C(=O)C1OC2(CCN(C(=O)c3cccs3)CC2)c2ccccc21. The molecule has 0 radical (unpaired) electrons. The molecule has 1 atom stereocenters. The van der Waals surface area contributed by atoms with E-state index in [2.05, 4.69) is 6.07 Å². The number of fused-ring (bicyclic) bond motifs is 2. The molecule has 3 heterocycles. The van der Waals surface area contributed by atoms with Crippen LogP contribution in [0.3, 0.4) is 0 Å². The van der Waals surface area contributed by atoms with Crippen molar-refractivity contribution in [3.05, 3.63) is 57.8 Å². The Morgan fingerprint density at radius 1 is 1.15 bits per heavy atom. The summed E-state index contributed by atoms with van der Waals surface area (Å²) in [6.07, 6.45) is 0.859. The molecule has 0 saturated carbocycles. The van der Waals surface area contributed by atoms with Gasteiger partial charge in [0.15, 0.2) is 6.10 Å². The van der Waals surface area contributed by atoms with Crippen LogP contribution in [0.5, 0.6) is 0 Å². The molecule has 5 nitrogen and oxygen atoms in total. The molecule has 6 heteroatoms. The van der Waals surface area contributed by atoms with E-state index in [1.807, 2.05) is 40.6 Å². The van der Waals surface area contributed by atoms with Crippen molar-refractivity contribution >= 4 is 23.2 Å². The lowest BCUT2D eigenvalue weighted by molar-refractivity contribution is -0.157. The number of thiophene rings is 1. The summed E-state index contributed by atoms with van der Waals surface area (Å²) in [6.45, 7) is 1.27. The van der Waals surface area contributed by atoms with Gasteiger partial charge in [-0.2, -0.15) is 0 Å². The molecule has 4 rings (SSSR count). The predicted molar refractivity (Wildman–Crippen MR) is 100 cm³/mol. The van der Waals surface area contributed by atoms with Crippen LogP contribution < -0.4 is 0 Å². The van der Waals surface area contributed by atoms with Gasteiger partial charge >= 0.3 is 0 Å². The summed E-state index contributed by atoms with van der Waals surface area (Å²) in [6, 6.07) is 11.8. The van der Waals surface area contributed by atoms with Crippen molar-refractivity contribution in [1.29, 1.82) is 0 Å². The van der Waals surface area contributed by atoms with Gasteiger partial charge in [-0.05, 0) is 35.4 Å². The van der Waals surface area contributed by atoms with E-state index in [0.29, 0.717) is 25.9 Å². The van der Waals surface area contributed by atoms with Crippen molar-refractivity contribution in [3.8, 4) is 0 Å². The number of nitrogens with zero attached hydrogens (tertiary/aromatic N) is 2. The Labute approximate surface area is 157 Å². The number of rotatable bonds is 2. The number of hydrogen-bond donors (Lipinski definition) is 0. The van der Waals surface area contributed by atoms with Gasteiger partial charge in [-0.25, -0.2) is 0 Å². The zero-order valence-electron chi connectivity index (χ0n) is 15.0. The van der Waals surface area contributed by atoms with Gasteiger partial charge in [0.2, 0.25) is 0 Å². The second-order valence-corrected chi connectivity index (χ2v) is 8.03. The smallest absolute Gasteiger partial charge is 0.263 e. The molecule has 1 aromatic carbocycles. The van der Waals surface area contributed by atoms with Crippen LogP contribution in [0.2, 0.25) is 0 Å². The van der Waals surface area contributed by atoms with Crippen molar-refractivity contribution in [2.75, 3.05) is 27.2 Å². The van der Waals surface area contributed by atoms with Gasteiger partial charge in [-0.15, -0.1) is 11.3 Å². The van der Waals surface area contributed by atoms with Crippen LogP contribution >= 0.6 is 11.3 Å². The molecular formula is C20H22N2O3S. The maximum Gasteiger partial charge on any atom is 0.263 e. The number of amides is 2. The highest BCUT2D eigenvalue weighted by Crippen LogP contribution is 2.49. The van der Waals surface area contributed by atoms with Gasteiger partial charge in [0.25, 0.3) is 11.8 Å². The van der Waals surface area contributed by atoms with E-state index in [-0.39, 0.29) is 11.8 Å². The Morgan fingerprint density at radius 2 is 1.88 bits per heavy atom. The molecule has 2 amide bonds. The van der Waals surface area contributed by atoms with Crippen molar-refractivity contribution in [2.24, 2.45) is 0 Å². The molecule has 2 aromatic rings. The highest BCUT2D eigenvalue weighted by molar-refractivity contribution is 7.12. The van der Waals surface area contributed by atoms with Crippen LogP contribution in [0.25, 0.3) is 0 Å². The average Bonchev–Trinajstić information content (AvgIpc) is 3.29. The van der Waals surface area contributed by atoms with Crippen LogP contribution in [0.1, 0.15) is 39.7 Å². The summed E-state index contributed by atoms with van der Waals surface area (Å²) in [5, 5.41) is 1.92. The fourth-order valence-electron chi connectivity index (χ4n) is 3.93. The third kappa shape index (κ3) is 2.73.